The molecule has 10 heteroatoms. The van der Waals surface area contributed by atoms with Crippen molar-refractivity contribution in [2.45, 2.75) is 18.7 Å². The Morgan fingerprint density at radius 1 is 1.24 bits per heavy atom. The number of fused-ring (bicyclic) bond motifs is 1. The summed E-state index contributed by atoms with van der Waals surface area (Å²) in [4.78, 5) is 21.0. The molecule has 0 radical (unpaired) electrons. The lowest BCUT2D eigenvalue weighted by molar-refractivity contribution is -0.113. The van der Waals surface area contributed by atoms with Crippen LogP contribution in [0, 0.1) is 6.92 Å². The number of nitrogens with zero attached hydrogens (tertiary/aromatic N) is 3. The number of amides is 1. The van der Waals surface area contributed by atoms with Crippen molar-refractivity contribution < 1.29 is 9.53 Å². The molecule has 7 nitrogen and oxygen atoms in total. The first-order valence-corrected chi connectivity index (χ1v) is 10.8. The zero-order valence-corrected chi connectivity index (χ0v) is 17.7. The van der Waals surface area contributed by atoms with Crippen LogP contribution < -0.4 is 10.1 Å². The van der Waals surface area contributed by atoms with Crippen molar-refractivity contribution >= 4 is 56.0 Å². The van der Waals surface area contributed by atoms with Gasteiger partial charge in [-0.1, -0.05) is 40.8 Å². The van der Waals surface area contributed by atoms with Crippen molar-refractivity contribution in [1.82, 2.24) is 20.2 Å². The van der Waals surface area contributed by atoms with Gasteiger partial charge in [-0.2, -0.15) is 0 Å². The molecule has 0 aliphatic heterocycles. The third kappa shape index (κ3) is 5.26. The zero-order valence-electron chi connectivity index (χ0n) is 15.3. The number of thiazole rings is 1. The second-order valence-electron chi connectivity index (χ2n) is 6.13. The number of H-pyrrole nitrogens is 1. The number of ether oxygens (including phenoxy) is 1. The van der Waals surface area contributed by atoms with Crippen LogP contribution in [0.15, 0.2) is 47.6 Å². The van der Waals surface area contributed by atoms with E-state index in [1.54, 1.807) is 24.3 Å². The van der Waals surface area contributed by atoms with Crippen LogP contribution in [0.25, 0.3) is 10.2 Å². The lowest BCUT2D eigenvalue weighted by Gasteiger charge is -2.03. The monoisotopic (exact) mass is 445 g/mol. The normalized spacial score (nSPS) is 11.0. The molecule has 4 rings (SSSR count). The maximum absolute atomic E-state index is 12.2. The fraction of sp³-hybridized carbons (Fsp3) is 0.158. The number of anilines is 1. The van der Waals surface area contributed by atoms with Crippen molar-refractivity contribution in [3.05, 3.63) is 58.9 Å². The Morgan fingerprint density at radius 2 is 2.07 bits per heavy atom. The molecule has 0 atom stereocenters. The van der Waals surface area contributed by atoms with Crippen LogP contribution in [0.4, 0.5) is 5.13 Å². The molecule has 2 N–H and O–H groups in total. The number of aromatic amines is 1. The molecule has 148 valence electrons. The van der Waals surface area contributed by atoms with Crippen LogP contribution in [-0.4, -0.2) is 31.8 Å². The highest BCUT2D eigenvalue weighted by Gasteiger charge is 2.11. The number of carbonyl (C=O) groups is 1. The summed E-state index contributed by atoms with van der Waals surface area (Å²) in [5.74, 6) is 1.29. The van der Waals surface area contributed by atoms with E-state index in [0.717, 1.165) is 15.8 Å². The number of aryl methyl sites for hydroxylation is 1. The molecule has 0 aliphatic rings. The molecule has 2 aromatic carbocycles. The Labute approximate surface area is 179 Å². The van der Waals surface area contributed by atoms with Gasteiger partial charge in [-0.15, -0.1) is 5.10 Å². The Balaban J connectivity index is 1.27. The summed E-state index contributed by atoms with van der Waals surface area (Å²) in [6.45, 7) is 2.27. The Kier molecular flexibility index (Phi) is 5.98. The molecule has 0 fully saturated rings. The summed E-state index contributed by atoms with van der Waals surface area (Å²) in [7, 11) is 0. The highest BCUT2D eigenvalue weighted by molar-refractivity contribution is 7.99. The summed E-state index contributed by atoms with van der Waals surface area (Å²) >= 11 is 8.54. The van der Waals surface area contributed by atoms with Gasteiger partial charge >= 0.3 is 0 Å². The second-order valence-corrected chi connectivity index (χ2v) is 8.54. The summed E-state index contributed by atoms with van der Waals surface area (Å²) in [6.07, 6.45) is 0. The molecule has 0 unspecified atom stereocenters. The molecular formula is C19H16ClN5O2S2. The number of rotatable bonds is 7. The number of thioether (sulfide) groups is 1. The number of halogens is 1. The highest BCUT2D eigenvalue weighted by Crippen LogP contribution is 2.27. The Morgan fingerprint density at radius 3 is 2.90 bits per heavy atom. The molecule has 1 amide bonds. The van der Waals surface area contributed by atoms with E-state index in [9.17, 15) is 4.79 Å². The summed E-state index contributed by atoms with van der Waals surface area (Å²) in [5.41, 5.74) is 2.04. The van der Waals surface area contributed by atoms with Gasteiger partial charge in [0.2, 0.25) is 11.1 Å². The maximum atomic E-state index is 12.2. The average molecular weight is 446 g/mol. The molecule has 4 aromatic rings. The Hall–Kier alpha value is -2.62. The van der Waals surface area contributed by atoms with Crippen LogP contribution in [0.2, 0.25) is 5.02 Å². The van der Waals surface area contributed by atoms with E-state index in [4.69, 9.17) is 16.3 Å². The van der Waals surface area contributed by atoms with Crippen LogP contribution in [0.3, 0.4) is 0 Å². The lowest BCUT2D eigenvalue weighted by atomic mass is 10.2. The third-order valence-corrected chi connectivity index (χ3v) is 5.86. The van der Waals surface area contributed by atoms with E-state index in [1.165, 1.54) is 23.1 Å². The molecule has 29 heavy (non-hydrogen) atoms. The van der Waals surface area contributed by atoms with Crippen molar-refractivity contribution in [2.75, 3.05) is 11.1 Å². The number of aromatic nitrogens is 4. The topological polar surface area (TPSA) is 92.8 Å². The largest absolute Gasteiger partial charge is 0.486 e. The van der Waals surface area contributed by atoms with E-state index < -0.39 is 0 Å². The zero-order chi connectivity index (χ0) is 20.2. The third-order valence-electron chi connectivity index (χ3n) is 3.82. The van der Waals surface area contributed by atoms with Crippen LogP contribution in [-0.2, 0) is 11.4 Å². The SMILES string of the molecule is Cc1ccc2nc(NC(=O)CSc3n[nH]c(COc4ccc(Cl)cc4)n3)sc2c1. The summed E-state index contributed by atoms with van der Waals surface area (Å²) in [5, 5.41) is 11.4. The van der Waals surface area contributed by atoms with Crippen molar-refractivity contribution in [3.63, 3.8) is 0 Å². The molecule has 0 saturated heterocycles. The van der Waals surface area contributed by atoms with Gasteiger partial charge in [0.1, 0.15) is 12.4 Å². The van der Waals surface area contributed by atoms with Gasteiger partial charge in [0.25, 0.3) is 0 Å². The summed E-state index contributed by atoms with van der Waals surface area (Å²) in [6, 6.07) is 13.1. The minimum Gasteiger partial charge on any atom is -0.486 e. The number of hydrogen-bond donors (Lipinski definition) is 2. The lowest BCUT2D eigenvalue weighted by Crippen LogP contribution is -2.13. The van der Waals surface area contributed by atoms with Crippen LogP contribution in [0.1, 0.15) is 11.4 Å². The molecular weight excluding hydrogens is 430 g/mol. The molecule has 0 saturated carbocycles. The summed E-state index contributed by atoms with van der Waals surface area (Å²) < 4.78 is 6.66. The van der Waals surface area contributed by atoms with Gasteiger partial charge in [0, 0.05) is 5.02 Å². The van der Waals surface area contributed by atoms with E-state index in [0.29, 0.717) is 26.9 Å². The van der Waals surface area contributed by atoms with E-state index >= 15 is 0 Å². The van der Waals surface area contributed by atoms with Crippen molar-refractivity contribution in [3.8, 4) is 5.75 Å². The van der Waals surface area contributed by atoms with Gasteiger partial charge in [0.05, 0.1) is 16.0 Å². The maximum Gasteiger partial charge on any atom is 0.236 e. The van der Waals surface area contributed by atoms with Gasteiger partial charge in [-0.05, 0) is 48.9 Å². The van der Waals surface area contributed by atoms with E-state index in [1.807, 2.05) is 19.1 Å². The van der Waals surface area contributed by atoms with Crippen LogP contribution in [0.5, 0.6) is 5.75 Å². The fourth-order valence-corrected chi connectivity index (χ4v) is 4.18. The number of nitrogens with one attached hydrogen (secondary N) is 2. The van der Waals surface area contributed by atoms with Gasteiger partial charge in [-0.25, -0.2) is 9.97 Å². The second kappa shape index (κ2) is 8.81. The number of hydrogen-bond acceptors (Lipinski definition) is 7. The van der Waals surface area contributed by atoms with Gasteiger partial charge in [-0.3, -0.25) is 9.89 Å². The van der Waals surface area contributed by atoms with Crippen molar-refractivity contribution in [1.29, 1.82) is 0 Å². The number of benzene rings is 2. The number of carbonyl (C=O) groups excluding carboxylic acids is 1. The predicted molar refractivity (Wildman–Crippen MR) is 116 cm³/mol. The van der Waals surface area contributed by atoms with Crippen molar-refractivity contribution in [2.24, 2.45) is 0 Å². The first-order chi connectivity index (χ1) is 14.0. The predicted octanol–water partition coefficient (Wildman–Crippen LogP) is 4.69. The van der Waals surface area contributed by atoms with E-state index in [-0.39, 0.29) is 18.3 Å². The minimum absolute atomic E-state index is 0.158. The Bertz CT molecular complexity index is 1140. The molecule has 2 heterocycles. The average Bonchev–Trinajstić information content (AvgIpc) is 3.32. The minimum atomic E-state index is -0.158. The highest BCUT2D eigenvalue weighted by atomic mass is 35.5. The first-order valence-electron chi connectivity index (χ1n) is 8.65. The van der Waals surface area contributed by atoms with E-state index in [2.05, 4.69) is 31.5 Å². The fourth-order valence-electron chi connectivity index (χ4n) is 2.46. The molecule has 0 bridgehead atoms. The molecule has 0 spiro atoms. The first kappa shape index (κ1) is 19.7. The standard InChI is InChI=1S/C19H16ClN5O2S2/c1-11-2-7-14-15(8-11)29-18(21-14)23-17(26)10-28-19-22-16(24-25-19)9-27-13-5-3-12(20)4-6-13/h2-8H,9-10H2,1H3,(H,21,23,26)(H,22,24,25). The van der Waals surface area contributed by atoms with Gasteiger partial charge < -0.3 is 10.1 Å². The van der Waals surface area contributed by atoms with Crippen LogP contribution >= 0.6 is 34.7 Å². The quantitative estimate of drug-likeness (QED) is 0.401. The van der Waals surface area contributed by atoms with Gasteiger partial charge in [0.15, 0.2) is 11.0 Å². The smallest absolute Gasteiger partial charge is 0.236 e. The molecule has 2 aromatic heterocycles. The molecule has 0 aliphatic carbocycles.